The molecule has 1 aromatic heterocycles. The van der Waals surface area contributed by atoms with E-state index in [4.69, 9.17) is 23.2 Å². The molecule has 0 aromatic carbocycles. The Kier molecular flexibility index (Phi) is 5.88. The molecule has 0 bridgehead atoms. The number of nitrogens with one attached hydrogen (secondary N) is 2. The van der Waals surface area contributed by atoms with Gasteiger partial charge >= 0.3 is 0 Å². The van der Waals surface area contributed by atoms with Gasteiger partial charge in [-0.25, -0.2) is 4.98 Å². The predicted molar refractivity (Wildman–Crippen MR) is 86.1 cm³/mol. The van der Waals surface area contributed by atoms with Crippen LogP contribution >= 0.6 is 35.0 Å². The largest absolute Gasteiger partial charge is 0.372 e. The molecule has 0 amide bonds. The third kappa shape index (κ3) is 4.31. The fraction of sp³-hybridized carbons (Fsp3) is 0.583. The number of anilines is 2. The van der Waals surface area contributed by atoms with E-state index in [1.165, 1.54) is 11.5 Å². The highest BCUT2D eigenvalue weighted by atomic mass is 35.5. The maximum Gasteiger partial charge on any atom is 0.147 e. The first kappa shape index (κ1) is 15.0. The standard InChI is InChI=1S/C12H18Cl2N4S/c1-15-11-9(13)8-10(14)12(17-11)16-2-3-18-4-6-19-7-5-18/h8H,2-7H2,1H3,(H2,15,16,17). The molecule has 19 heavy (non-hydrogen) atoms. The number of rotatable bonds is 5. The molecule has 1 aromatic rings. The molecular weight excluding hydrogens is 303 g/mol. The van der Waals surface area contributed by atoms with Crippen molar-refractivity contribution >= 4 is 46.6 Å². The van der Waals surface area contributed by atoms with Crippen molar-refractivity contribution in [2.45, 2.75) is 0 Å². The van der Waals surface area contributed by atoms with Crippen LogP contribution in [0.2, 0.25) is 10.0 Å². The van der Waals surface area contributed by atoms with Crippen LogP contribution in [-0.2, 0) is 0 Å². The molecule has 2 rings (SSSR count). The summed E-state index contributed by atoms with van der Waals surface area (Å²) in [4.78, 5) is 6.81. The van der Waals surface area contributed by atoms with Gasteiger partial charge in [0, 0.05) is 44.7 Å². The van der Waals surface area contributed by atoms with E-state index in [0.29, 0.717) is 21.7 Å². The van der Waals surface area contributed by atoms with Crippen LogP contribution < -0.4 is 10.6 Å². The third-order valence-corrected chi connectivity index (χ3v) is 4.51. The molecular formula is C12H18Cl2N4S. The molecule has 106 valence electrons. The number of halogens is 2. The molecule has 1 saturated heterocycles. The lowest BCUT2D eigenvalue weighted by Crippen LogP contribution is -2.36. The zero-order valence-electron chi connectivity index (χ0n) is 10.9. The molecule has 7 heteroatoms. The summed E-state index contributed by atoms with van der Waals surface area (Å²) in [5, 5.41) is 7.31. The van der Waals surface area contributed by atoms with Gasteiger partial charge in [-0.1, -0.05) is 23.2 Å². The van der Waals surface area contributed by atoms with Crippen LogP contribution in [0.5, 0.6) is 0 Å². The molecule has 1 aliphatic heterocycles. The van der Waals surface area contributed by atoms with Gasteiger partial charge in [0.05, 0.1) is 10.0 Å². The van der Waals surface area contributed by atoms with Gasteiger partial charge in [0.25, 0.3) is 0 Å². The highest BCUT2D eigenvalue weighted by Crippen LogP contribution is 2.28. The van der Waals surface area contributed by atoms with E-state index < -0.39 is 0 Å². The Morgan fingerprint density at radius 3 is 2.63 bits per heavy atom. The van der Waals surface area contributed by atoms with Gasteiger partial charge in [0.15, 0.2) is 0 Å². The van der Waals surface area contributed by atoms with Crippen LogP contribution in [0.15, 0.2) is 6.07 Å². The molecule has 1 fully saturated rings. The Balaban J connectivity index is 1.88. The predicted octanol–water partition coefficient (Wildman–Crippen LogP) is 2.89. The normalized spacial score (nSPS) is 16.4. The first-order valence-electron chi connectivity index (χ1n) is 6.28. The van der Waals surface area contributed by atoms with Gasteiger partial charge in [0.1, 0.15) is 11.6 Å². The first-order valence-corrected chi connectivity index (χ1v) is 8.19. The molecule has 0 saturated carbocycles. The number of aromatic nitrogens is 1. The number of hydrogen-bond acceptors (Lipinski definition) is 5. The second-order valence-corrected chi connectivity index (χ2v) is 6.32. The lowest BCUT2D eigenvalue weighted by Gasteiger charge is -2.26. The Bertz CT molecular complexity index is 424. The third-order valence-electron chi connectivity index (χ3n) is 2.99. The monoisotopic (exact) mass is 320 g/mol. The summed E-state index contributed by atoms with van der Waals surface area (Å²) >= 11 is 14.2. The summed E-state index contributed by atoms with van der Waals surface area (Å²) in [7, 11) is 1.79. The summed E-state index contributed by atoms with van der Waals surface area (Å²) in [6, 6.07) is 1.71. The van der Waals surface area contributed by atoms with Crippen molar-refractivity contribution in [2.75, 3.05) is 55.4 Å². The van der Waals surface area contributed by atoms with Gasteiger partial charge in [-0.2, -0.15) is 11.8 Å². The van der Waals surface area contributed by atoms with Crippen molar-refractivity contribution in [3.8, 4) is 0 Å². The Hall–Kier alpha value is -0.360. The zero-order valence-corrected chi connectivity index (χ0v) is 13.2. The maximum absolute atomic E-state index is 6.13. The van der Waals surface area contributed by atoms with Crippen molar-refractivity contribution in [3.05, 3.63) is 16.1 Å². The Morgan fingerprint density at radius 1 is 1.26 bits per heavy atom. The van der Waals surface area contributed by atoms with E-state index in [-0.39, 0.29) is 0 Å². The van der Waals surface area contributed by atoms with Crippen LogP contribution in [0, 0.1) is 0 Å². The highest BCUT2D eigenvalue weighted by Gasteiger charge is 2.11. The average Bonchev–Trinajstić information content (AvgIpc) is 2.42. The minimum Gasteiger partial charge on any atom is -0.372 e. The van der Waals surface area contributed by atoms with Gasteiger partial charge in [-0.05, 0) is 6.07 Å². The van der Waals surface area contributed by atoms with E-state index in [0.717, 1.165) is 26.2 Å². The molecule has 2 heterocycles. The second-order valence-electron chi connectivity index (χ2n) is 4.28. The molecule has 1 aliphatic rings. The highest BCUT2D eigenvalue weighted by molar-refractivity contribution is 7.99. The van der Waals surface area contributed by atoms with Crippen LogP contribution in [-0.4, -0.2) is 54.6 Å². The Labute approximate surface area is 128 Å². The molecule has 0 atom stereocenters. The summed E-state index contributed by atoms with van der Waals surface area (Å²) in [6.07, 6.45) is 0. The van der Waals surface area contributed by atoms with Crippen molar-refractivity contribution in [3.63, 3.8) is 0 Å². The average molecular weight is 321 g/mol. The topological polar surface area (TPSA) is 40.2 Å². The van der Waals surface area contributed by atoms with Crippen LogP contribution in [0.25, 0.3) is 0 Å². The fourth-order valence-corrected chi connectivity index (χ4v) is 3.42. The van der Waals surface area contributed by atoms with Crippen molar-refractivity contribution in [1.82, 2.24) is 9.88 Å². The molecule has 0 aliphatic carbocycles. The van der Waals surface area contributed by atoms with Gasteiger partial charge in [-0.3, -0.25) is 4.90 Å². The number of nitrogens with zero attached hydrogens (tertiary/aromatic N) is 2. The number of thioether (sulfide) groups is 1. The summed E-state index contributed by atoms with van der Waals surface area (Å²) in [6.45, 7) is 4.17. The minimum absolute atomic E-state index is 0.533. The number of hydrogen-bond donors (Lipinski definition) is 2. The summed E-state index contributed by atoms with van der Waals surface area (Å²) < 4.78 is 0. The van der Waals surface area contributed by atoms with E-state index in [1.807, 2.05) is 11.8 Å². The summed E-state index contributed by atoms with van der Waals surface area (Å²) in [5.74, 6) is 3.78. The van der Waals surface area contributed by atoms with Crippen molar-refractivity contribution in [2.24, 2.45) is 0 Å². The van der Waals surface area contributed by atoms with E-state index in [9.17, 15) is 0 Å². The second kappa shape index (κ2) is 7.43. The molecule has 0 unspecified atom stereocenters. The fourth-order valence-electron chi connectivity index (χ4n) is 1.92. The van der Waals surface area contributed by atoms with Gasteiger partial charge < -0.3 is 10.6 Å². The van der Waals surface area contributed by atoms with Crippen LogP contribution in [0.3, 0.4) is 0 Å². The lowest BCUT2D eigenvalue weighted by molar-refractivity contribution is 0.314. The molecule has 0 radical (unpaired) electrons. The van der Waals surface area contributed by atoms with Gasteiger partial charge in [0.2, 0.25) is 0 Å². The van der Waals surface area contributed by atoms with Crippen molar-refractivity contribution in [1.29, 1.82) is 0 Å². The minimum atomic E-state index is 0.533. The van der Waals surface area contributed by atoms with E-state index in [2.05, 4.69) is 20.5 Å². The quantitative estimate of drug-likeness (QED) is 0.873. The van der Waals surface area contributed by atoms with Crippen LogP contribution in [0.4, 0.5) is 11.6 Å². The maximum atomic E-state index is 6.13. The SMILES string of the molecule is CNc1nc(NCCN2CCSCC2)c(Cl)cc1Cl. The van der Waals surface area contributed by atoms with Crippen molar-refractivity contribution < 1.29 is 0 Å². The van der Waals surface area contributed by atoms with Crippen LogP contribution in [0.1, 0.15) is 0 Å². The smallest absolute Gasteiger partial charge is 0.147 e. The Morgan fingerprint density at radius 2 is 1.95 bits per heavy atom. The molecule has 2 N–H and O–H groups in total. The molecule has 0 spiro atoms. The number of pyridine rings is 1. The van der Waals surface area contributed by atoms with E-state index in [1.54, 1.807) is 13.1 Å². The summed E-state index contributed by atoms with van der Waals surface area (Å²) in [5.41, 5.74) is 0. The van der Waals surface area contributed by atoms with Gasteiger partial charge in [-0.15, -0.1) is 0 Å². The lowest BCUT2D eigenvalue weighted by atomic mass is 10.4. The first-order chi connectivity index (χ1) is 9.20. The molecule has 4 nitrogen and oxygen atoms in total. The zero-order chi connectivity index (χ0) is 13.7. The van der Waals surface area contributed by atoms with E-state index >= 15 is 0 Å².